The third kappa shape index (κ3) is 5.89. The first-order valence-electron chi connectivity index (χ1n) is 7.92. The Bertz CT molecular complexity index is 836. The Morgan fingerprint density at radius 3 is 2.50 bits per heavy atom. The summed E-state index contributed by atoms with van der Waals surface area (Å²) in [5, 5.41) is 5.13. The molecule has 0 bridgehead atoms. The molecule has 3 amide bonds. The van der Waals surface area contributed by atoms with Gasteiger partial charge in [0.2, 0.25) is 0 Å². The van der Waals surface area contributed by atoms with E-state index in [2.05, 4.69) is 10.6 Å². The fourth-order valence-electron chi connectivity index (χ4n) is 2.26. The molecule has 0 atom stereocenters. The van der Waals surface area contributed by atoms with Crippen LogP contribution >= 0.6 is 11.6 Å². The highest BCUT2D eigenvalue weighted by molar-refractivity contribution is 6.31. The molecule has 0 fully saturated rings. The highest BCUT2D eigenvalue weighted by Gasteiger charge is 2.13. The lowest BCUT2D eigenvalue weighted by Gasteiger charge is -2.10. The number of halogens is 1. The maximum absolute atomic E-state index is 11.8. The van der Waals surface area contributed by atoms with Gasteiger partial charge in [-0.25, -0.2) is 4.79 Å². The number of rotatable bonds is 5. The lowest BCUT2D eigenvalue weighted by atomic mass is 10.1. The third-order valence-corrected chi connectivity index (χ3v) is 3.91. The Morgan fingerprint density at radius 1 is 1.08 bits per heavy atom. The van der Waals surface area contributed by atoms with Crippen LogP contribution in [0.3, 0.4) is 0 Å². The molecule has 0 heterocycles. The maximum Gasteiger partial charge on any atom is 0.325 e. The summed E-state index contributed by atoms with van der Waals surface area (Å²) in [6.07, 6.45) is -0.0539. The minimum atomic E-state index is -0.722. The van der Waals surface area contributed by atoms with Crippen LogP contribution in [0.15, 0.2) is 42.5 Å². The normalized spacial score (nSPS) is 10.1. The first kappa shape index (κ1) is 19.5. The maximum atomic E-state index is 11.8. The SMILES string of the molecule is Cc1ccc(NC(=O)NC(=O)COC(=O)Cc2ccccc2Cl)c(C)c1. The zero-order chi connectivity index (χ0) is 19.1. The smallest absolute Gasteiger partial charge is 0.325 e. The molecule has 0 spiro atoms. The van der Waals surface area contributed by atoms with Crippen molar-refractivity contribution in [2.24, 2.45) is 0 Å². The molecule has 0 aliphatic carbocycles. The summed E-state index contributed by atoms with van der Waals surface area (Å²) < 4.78 is 4.86. The molecule has 0 unspecified atom stereocenters. The predicted octanol–water partition coefficient (Wildman–Crippen LogP) is 3.39. The molecule has 2 aromatic rings. The van der Waals surface area contributed by atoms with Gasteiger partial charge in [0, 0.05) is 10.7 Å². The van der Waals surface area contributed by atoms with Crippen molar-refractivity contribution in [1.29, 1.82) is 0 Å². The van der Waals surface area contributed by atoms with Crippen LogP contribution in [0, 0.1) is 13.8 Å². The number of urea groups is 1. The van der Waals surface area contributed by atoms with Gasteiger partial charge in [-0.3, -0.25) is 14.9 Å². The summed E-state index contributed by atoms with van der Waals surface area (Å²) in [6.45, 7) is 3.24. The van der Waals surface area contributed by atoms with E-state index in [1.54, 1.807) is 30.3 Å². The van der Waals surface area contributed by atoms with Crippen molar-refractivity contribution in [1.82, 2.24) is 5.32 Å². The van der Waals surface area contributed by atoms with Gasteiger partial charge in [0.25, 0.3) is 5.91 Å². The zero-order valence-electron chi connectivity index (χ0n) is 14.5. The van der Waals surface area contributed by atoms with Gasteiger partial charge in [-0.05, 0) is 37.1 Å². The summed E-state index contributed by atoms with van der Waals surface area (Å²) in [7, 11) is 0. The van der Waals surface area contributed by atoms with E-state index in [1.165, 1.54) is 0 Å². The Morgan fingerprint density at radius 2 is 1.81 bits per heavy atom. The largest absolute Gasteiger partial charge is 0.455 e. The Hall–Kier alpha value is -2.86. The molecule has 0 saturated heterocycles. The van der Waals surface area contributed by atoms with E-state index in [9.17, 15) is 14.4 Å². The van der Waals surface area contributed by atoms with Crippen LogP contribution in [0.25, 0.3) is 0 Å². The van der Waals surface area contributed by atoms with Gasteiger partial charge in [-0.2, -0.15) is 0 Å². The summed E-state index contributed by atoms with van der Waals surface area (Å²) in [5.74, 6) is -1.33. The average Bonchev–Trinajstić information content (AvgIpc) is 2.58. The molecule has 0 saturated carbocycles. The van der Waals surface area contributed by atoms with Gasteiger partial charge < -0.3 is 10.1 Å². The van der Waals surface area contributed by atoms with Crippen LogP contribution < -0.4 is 10.6 Å². The molecule has 2 N–H and O–H groups in total. The van der Waals surface area contributed by atoms with E-state index < -0.39 is 24.5 Å². The van der Waals surface area contributed by atoms with Crippen molar-refractivity contribution in [2.75, 3.05) is 11.9 Å². The minimum absolute atomic E-state index is 0.0539. The minimum Gasteiger partial charge on any atom is -0.455 e. The fraction of sp³-hybridized carbons (Fsp3) is 0.211. The van der Waals surface area contributed by atoms with E-state index in [1.807, 2.05) is 26.0 Å². The van der Waals surface area contributed by atoms with Crippen LogP contribution in [0.4, 0.5) is 10.5 Å². The molecule has 0 aromatic heterocycles. The molecule has 0 radical (unpaired) electrons. The van der Waals surface area contributed by atoms with Crippen molar-refractivity contribution in [2.45, 2.75) is 20.3 Å². The van der Waals surface area contributed by atoms with Gasteiger partial charge >= 0.3 is 12.0 Å². The first-order valence-corrected chi connectivity index (χ1v) is 8.30. The van der Waals surface area contributed by atoms with Crippen LogP contribution in [-0.4, -0.2) is 24.5 Å². The molecule has 0 aliphatic rings. The summed E-state index contributed by atoms with van der Waals surface area (Å²) in [4.78, 5) is 35.3. The Kier molecular flexibility index (Phi) is 6.74. The second kappa shape index (κ2) is 9.01. The topological polar surface area (TPSA) is 84.5 Å². The lowest BCUT2D eigenvalue weighted by molar-refractivity contribution is -0.147. The molecule has 6 nitrogen and oxygen atoms in total. The van der Waals surface area contributed by atoms with Gasteiger partial charge in [-0.15, -0.1) is 0 Å². The fourth-order valence-corrected chi connectivity index (χ4v) is 2.47. The van der Waals surface area contributed by atoms with Crippen molar-refractivity contribution >= 4 is 35.2 Å². The average molecular weight is 375 g/mol. The highest BCUT2D eigenvalue weighted by atomic mass is 35.5. The third-order valence-electron chi connectivity index (χ3n) is 3.54. The first-order chi connectivity index (χ1) is 12.3. The number of carbonyl (C=O) groups excluding carboxylic acids is 3. The van der Waals surface area contributed by atoms with E-state index >= 15 is 0 Å². The van der Waals surface area contributed by atoms with Crippen molar-refractivity contribution in [3.63, 3.8) is 0 Å². The predicted molar refractivity (Wildman–Crippen MR) is 99.2 cm³/mol. The molecular weight excluding hydrogens is 356 g/mol. The number of carbonyl (C=O) groups is 3. The van der Waals surface area contributed by atoms with E-state index in [0.717, 1.165) is 11.1 Å². The summed E-state index contributed by atoms with van der Waals surface area (Å²) in [5.41, 5.74) is 3.14. The number of esters is 1. The molecule has 7 heteroatoms. The monoisotopic (exact) mass is 374 g/mol. The molecule has 2 aromatic carbocycles. The van der Waals surface area contributed by atoms with Crippen LogP contribution in [-0.2, 0) is 20.7 Å². The van der Waals surface area contributed by atoms with E-state index in [0.29, 0.717) is 16.3 Å². The highest BCUT2D eigenvalue weighted by Crippen LogP contribution is 2.16. The van der Waals surface area contributed by atoms with Crippen molar-refractivity contribution < 1.29 is 19.1 Å². The van der Waals surface area contributed by atoms with E-state index in [4.69, 9.17) is 16.3 Å². The second-order valence-electron chi connectivity index (χ2n) is 5.75. The molecular formula is C19H19ClN2O4. The number of aryl methyl sites for hydroxylation is 2. The van der Waals surface area contributed by atoms with Crippen LogP contribution in [0.5, 0.6) is 0 Å². The quantitative estimate of drug-likeness (QED) is 0.785. The summed E-state index contributed by atoms with van der Waals surface area (Å²) in [6, 6.07) is 11.7. The summed E-state index contributed by atoms with van der Waals surface area (Å²) >= 11 is 5.96. The second-order valence-corrected chi connectivity index (χ2v) is 6.16. The molecule has 0 aliphatic heterocycles. The number of anilines is 1. The van der Waals surface area contributed by atoms with Gasteiger partial charge in [0.05, 0.1) is 6.42 Å². The van der Waals surface area contributed by atoms with Gasteiger partial charge in [0.1, 0.15) is 0 Å². The standard InChI is InChI=1S/C19H19ClN2O4/c1-12-7-8-16(13(2)9-12)21-19(25)22-17(23)11-26-18(24)10-14-5-3-4-6-15(14)20/h3-9H,10-11H2,1-2H3,(H2,21,22,23,25). The van der Waals surface area contributed by atoms with E-state index in [-0.39, 0.29) is 6.42 Å². The lowest BCUT2D eigenvalue weighted by Crippen LogP contribution is -2.37. The molecule has 26 heavy (non-hydrogen) atoms. The van der Waals surface area contributed by atoms with Crippen LogP contribution in [0.1, 0.15) is 16.7 Å². The van der Waals surface area contributed by atoms with Crippen LogP contribution in [0.2, 0.25) is 5.02 Å². The number of amides is 3. The van der Waals surface area contributed by atoms with Gasteiger partial charge in [0.15, 0.2) is 6.61 Å². The number of hydrogen-bond acceptors (Lipinski definition) is 4. The number of hydrogen-bond donors (Lipinski definition) is 2. The number of benzene rings is 2. The number of imide groups is 1. The molecule has 2 rings (SSSR count). The van der Waals surface area contributed by atoms with Crippen molar-refractivity contribution in [3.8, 4) is 0 Å². The Balaban J connectivity index is 1.78. The zero-order valence-corrected chi connectivity index (χ0v) is 15.2. The Labute approximate surface area is 156 Å². The number of nitrogens with one attached hydrogen (secondary N) is 2. The van der Waals surface area contributed by atoms with Gasteiger partial charge in [-0.1, -0.05) is 47.5 Å². The molecule has 136 valence electrons. The number of ether oxygens (including phenoxy) is 1. The van der Waals surface area contributed by atoms with Crippen molar-refractivity contribution in [3.05, 3.63) is 64.2 Å².